The average Bonchev–Trinajstić information content (AvgIpc) is 2.78. The van der Waals surface area contributed by atoms with Crippen LogP contribution < -0.4 is 0 Å². The molecule has 1 aromatic rings. The molecule has 2 heterocycles. The first-order chi connectivity index (χ1) is 11.7. The highest BCUT2D eigenvalue weighted by molar-refractivity contribution is 5.94. The summed E-state index contributed by atoms with van der Waals surface area (Å²) in [5, 5.41) is 0. The van der Waals surface area contributed by atoms with Crippen LogP contribution in [0.5, 0.6) is 0 Å². The van der Waals surface area contributed by atoms with Gasteiger partial charge in [0, 0.05) is 45.3 Å². The normalized spacial score (nSPS) is 24.5. The molecule has 5 nitrogen and oxygen atoms in total. The number of hydrogen-bond acceptors (Lipinski definition) is 3. The molecule has 0 aliphatic carbocycles. The molecular weight excluding hydrogens is 304 g/mol. The summed E-state index contributed by atoms with van der Waals surface area (Å²) in [6, 6.07) is 9.47. The second kappa shape index (κ2) is 7.79. The van der Waals surface area contributed by atoms with E-state index in [4.69, 9.17) is 4.74 Å². The summed E-state index contributed by atoms with van der Waals surface area (Å²) in [4.78, 5) is 28.9. The minimum Gasteiger partial charge on any atom is -0.383 e. The van der Waals surface area contributed by atoms with E-state index in [1.54, 1.807) is 7.11 Å². The number of ether oxygens (including phenoxy) is 1. The molecule has 130 valence electrons. The van der Waals surface area contributed by atoms with E-state index in [0.29, 0.717) is 31.4 Å². The molecule has 2 aliphatic heterocycles. The molecule has 0 radical (unpaired) electrons. The van der Waals surface area contributed by atoms with Crippen LogP contribution in [0.25, 0.3) is 0 Å². The van der Waals surface area contributed by atoms with E-state index >= 15 is 0 Å². The quantitative estimate of drug-likeness (QED) is 0.849. The van der Waals surface area contributed by atoms with E-state index in [9.17, 15) is 9.59 Å². The van der Waals surface area contributed by atoms with E-state index in [1.807, 2.05) is 40.1 Å². The van der Waals surface area contributed by atoms with Crippen molar-refractivity contribution in [3.8, 4) is 0 Å². The maximum atomic E-state index is 12.7. The number of hydrogen-bond donors (Lipinski definition) is 0. The summed E-state index contributed by atoms with van der Waals surface area (Å²) in [5.41, 5.74) is 0.752. The second-order valence-corrected chi connectivity index (χ2v) is 6.79. The Hall–Kier alpha value is -1.88. The van der Waals surface area contributed by atoms with Crippen LogP contribution in [0.2, 0.25) is 0 Å². The van der Waals surface area contributed by atoms with Crippen molar-refractivity contribution in [1.29, 1.82) is 0 Å². The molecule has 0 spiro atoms. The van der Waals surface area contributed by atoms with Crippen molar-refractivity contribution in [2.24, 2.45) is 11.8 Å². The van der Waals surface area contributed by atoms with Crippen LogP contribution in [-0.2, 0) is 9.53 Å². The summed E-state index contributed by atoms with van der Waals surface area (Å²) in [5.74, 6) is 1.18. The van der Waals surface area contributed by atoms with Crippen LogP contribution in [0.4, 0.5) is 0 Å². The molecule has 2 atom stereocenters. The lowest BCUT2D eigenvalue weighted by atomic mass is 9.82. The van der Waals surface area contributed by atoms with Gasteiger partial charge in [0.1, 0.15) is 0 Å². The van der Waals surface area contributed by atoms with Crippen molar-refractivity contribution >= 4 is 11.8 Å². The number of piperidine rings is 1. The van der Waals surface area contributed by atoms with Gasteiger partial charge in [-0.25, -0.2) is 0 Å². The first-order valence-electron chi connectivity index (χ1n) is 8.80. The zero-order valence-corrected chi connectivity index (χ0v) is 14.3. The largest absolute Gasteiger partial charge is 0.383 e. The maximum Gasteiger partial charge on any atom is 0.253 e. The predicted molar refractivity (Wildman–Crippen MR) is 91.6 cm³/mol. The molecule has 0 bridgehead atoms. The molecule has 0 N–H and O–H groups in total. The Bertz CT molecular complexity index is 575. The lowest BCUT2D eigenvalue weighted by Crippen LogP contribution is -2.43. The van der Waals surface area contributed by atoms with Crippen LogP contribution in [0.1, 0.15) is 29.6 Å². The third kappa shape index (κ3) is 3.78. The van der Waals surface area contributed by atoms with Gasteiger partial charge in [0.05, 0.1) is 6.61 Å². The highest BCUT2D eigenvalue weighted by Gasteiger charge is 2.36. The van der Waals surface area contributed by atoms with Gasteiger partial charge in [-0.15, -0.1) is 0 Å². The van der Waals surface area contributed by atoms with Crippen LogP contribution >= 0.6 is 0 Å². The van der Waals surface area contributed by atoms with E-state index < -0.39 is 0 Å². The van der Waals surface area contributed by atoms with Crippen molar-refractivity contribution in [3.63, 3.8) is 0 Å². The summed E-state index contributed by atoms with van der Waals surface area (Å²) in [6.07, 6.45) is 2.51. The topological polar surface area (TPSA) is 49.9 Å². The number of nitrogens with zero attached hydrogens (tertiary/aromatic N) is 2. The fourth-order valence-electron chi connectivity index (χ4n) is 3.86. The Morgan fingerprint density at radius 3 is 2.67 bits per heavy atom. The first kappa shape index (κ1) is 17.0. The SMILES string of the molecule is COCCN1CCC2CN(C(=O)c3ccccc3)CCC2CC1=O. The number of amides is 2. The van der Waals surface area contributed by atoms with E-state index in [1.165, 1.54) is 0 Å². The Labute approximate surface area is 143 Å². The fraction of sp³-hybridized carbons (Fsp3) is 0.579. The third-order valence-electron chi connectivity index (χ3n) is 5.32. The van der Waals surface area contributed by atoms with Crippen molar-refractivity contribution in [2.45, 2.75) is 19.3 Å². The lowest BCUT2D eigenvalue weighted by molar-refractivity contribution is -0.132. The number of likely N-dealkylation sites (tertiary alicyclic amines) is 2. The molecule has 0 saturated carbocycles. The molecule has 3 rings (SSSR count). The minimum atomic E-state index is 0.112. The molecule has 2 unspecified atom stereocenters. The van der Waals surface area contributed by atoms with E-state index in [2.05, 4.69) is 0 Å². The number of benzene rings is 1. The molecule has 1 aromatic carbocycles. The summed E-state index contributed by atoms with van der Waals surface area (Å²) in [6.45, 7) is 3.54. The number of methoxy groups -OCH3 is 1. The molecule has 24 heavy (non-hydrogen) atoms. The number of carbonyl (C=O) groups excluding carboxylic acids is 2. The zero-order valence-electron chi connectivity index (χ0n) is 14.3. The van der Waals surface area contributed by atoms with Crippen LogP contribution in [0.15, 0.2) is 30.3 Å². The van der Waals surface area contributed by atoms with Gasteiger partial charge in [-0.05, 0) is 36.8 Å². The number of carbonyl (C=O) groups is 2. The van der Waals surface area contributed by atoms with E-state index in [0.717, 1.165) is 38.0 Å². The van der Waals surface area contributed by atoms with Gasteiger partial charge in [-0.3, -0.25) is 9.59 Å². The van der Waals surface area contributed by atoms with Crippen LogP contribution in [0.3, 0.4) is 0 Å². The minimum absolute atomic E-state index is 0.112. The van der Waals surface area contributed by atoms with Crippen molar-refractivity contribution < 1.29 is 14.3 Å². The molecule has 2 saturated heterocycles. The lowest BCUT2D eigenvalue weighted by Gasteiger charge is -2.37. The average molecular weight is 330 g/mol. The zero-order chi connectivity index (χ0) is 16.9. The first-order valence-corrected chi connectivity index (χ1v) is 8.80. The van der Waals surface area contributed by atoms with Gasteiger partial charge >= 0.3 is 0 Å². The van der Waals surface area contributed by atoms with Gasteiger partial charge in [-0.2, -0.15) is 0 Å². The van der Waals surface area contributed by atoms with Gasteiger partial charge in [0.2, 0.25) is 5.91 Å². The Balaban J connectivity index is 1.63. The van der Waals surface area contributed by atoms with Gasteiger partial charge in [0.15, 0.2) is 0 Å². The predicted octanol–water partition coefficient (Wildman–Crippen LogP) is 2.03. The van der Waals surface area contributed by atoms with Crippen molar-refractivity contribution in [1.82, 2.24) is 9.80 Å². The van der Waals surface area contributed by atoms with Crippen LogP contribution in [-0.4, -0.2) is 61.5 Å². The van der Waals surface area contributed by atoms with Crippen molar-refractivity contribution in [2.75, 3.05) is 39.9 Å². The molecular formula is C19H26N2O3. The van der Waals surface area contributed by atoms with E-state index in [-0.39, 0.29) is 11.8 Å². The van der Waals surface area contributed by atoms with Gasteiger partial charge in [-0.1, -0.05) is 18.2 Å². The summed E-state index contributed by atoms with van der Waals surface area (Å²) < 4.78 is 5.10. The number of fused-ring (bicyclic) bond motifs is 1. The fourth-order valence-corrected chi connectivity index (χ4v) is 3.86. The monoisotopic (exact) mass is 330 g/mol. The van der Waals surface area contributed by atoms with Crippen LogP contribution in [0, 0.1) is 11.8 Å². The number of rotatable bonds is 4. The summed E-state index contributed by atoms with van der Waals surface area (Å²) in [7, 11) is 1.66. The standard InChI is InChI=1S/C19H26N2O3/c1-24-12-11-20-9-8-17-14-21(10-7-16(17)13-18(20)22)19(23)15-5-3-2-4-6-15/h2-6,16-17H,7-14H2,1H3. The molecule has 5 heteroatoms. The Kier molecular flexibility index (Phi) is 5.51. The highest BCUT2D eigenvalue weighted by Crippen LogP contribution is 2.32. The van der Waals surface area contributed by atoms with Crippen molar-refractivity contribution in [3.05, 3.63) is 35.9 Å². The molecule has 0 aromatic heterocycles. The third-order valence-corrected chi connectivity index (χ3v) is 5.32. The summed E-state index contributed by atoms with van der Waals surface area (Å²) >= 11 is 0. The molecule has 2 fully saturated rings. The molecule has 2 aliphatic rings. The Morgan fingerprint density at radius 1 is 1.17 bits per heavy atom. The smallest absolute Gasteiger partial charge is 0.253 e. The van der Waals surface area contributed by atoms with Gasteiger partial charge in [0.25, 0.3) is 5.91 Å². The molecule has 2 amide bonds. The highest BCUT2D eigenvalue weighted by atomic mass is 16.5. The Morgan fingerprint density at radius 2 is 1.92 bits per heavy atom. The van der Waals surface area contributed by atoms with Gasteiger partial charge < -0.3 is 14.5 Å². The maximum absolute atomic E-state index is 12.7. The second-order valence-electron chi connectivity index (χ2n) is 6.79.